The van der Waals surface area contributed by atoms with Crippen LogP contribution in [0.3, 0.4) is 0 Å². The molecule has 7 heteroatoms. The topological polar surface area (TPSA) is 87.7 Å². The molecule has 30 heavy (non-hydrogen) atoms. The molecular formula is C23H33N5O2. The van der Waals surface area contributed by atoms with Crippen LogP contribution in [0.5, 0.6) is 0 Å². The fourth-order valence-electron chi connectivity index (χ4n) is 5.15. The molecule has 1 heterocycles. The molecule has 0 spiro atoms. The molecule has 1 atom stereocenters. The van der Waals surface area contributed by atoms with Crippen molar-refractivity contribution in [3.63, 3.8) is 0 Å². The molecule has 1 saturated carbocycles. The van der Waals surface area contributed by atoms with E-state index in [9.17, 15) is 10.1 Å². The van der Waals surface area contributed by atoms with E-state index < -0.39 is 5.54 Å². The molecule has 7 nitrogen and oxygen atoms in total. The summed E-state index contributed by atoms with van der Waals surface area (Å²) in [5.41, 5.74) is 9.06. The number of likely N-dealkylation sites (N-methyl/N-ethyl adjacent to an activating group) is 1. The Labute approximate surface area is 178 Å². The van der Waals surface area contributed by atoms with Crippen molar-refractivity contribution in [3.05, 3.63) is 63.6 Å². The van der Waals surface area contributed by atoms with Crippen molar-refractivity contribution in [1.29, 1.82) is 0 Å². The molecule has 0 radical (unpaired) electrons. The van der Waals surface area contributed by atoms with E-state index in [4.69, 9.17) is 5.73 Å². The average molecular weight is 412 g/mol. The zero-order valence-corrected chi connectivity index (χ0v) is 17.8. The van der Waals surface area contributed by atoms with Crippen LogP contribution in [0.4, 0.5) is 5.69 Å². The summed E-state index contributed by atoms with van der Waals surface area (Å²) in [6.07, 6.45) is 7.60. The normalized spacial score (nSPS) is 26.5. The molecule has 1 aromatic carbocycles. The number of hydrogen-bond donors (Lipinski definition) is 2. The monoisotopic (exact) mass is 411 g/mol. The second kappa shape index (κ2) is 8.78. The van der Waals surface area contributed by atoms with E-state index in [0.29, 0.717) is 6.42 Å². The predicted octanol–water partition coefficient (Wildman–Crippen LogP) is 3.40. The van der Waals surface area contributed by atoms with Gasteiger partial charge in [-0.3, -0.25) is 10.1 Å². The Bertz CT molecular complexity index is 823. The highest BCUT2D eigenvalue weighted by molar-refractivity contribution is 5.54. The van der Waals surface area contributed by atoms with Gasteiger partial charge in [0.15, 0.2) is 0 Å². The largest absolute Gasteiger partial charge is 0.371 e. The lowest BCUT2D eigenvalue weighted by Gasteiger charge is -2.44. The van der Waals surface area contributed by atoms with Gasteiger partial charge in [-0.15, -0.1) is 0 Å². The molecule has 1 saturated heterocycles. The Balaban J connectivity index is 1.73. The number of nitrogens with zero attached hydrogens (tertiary/aromatic N) is 3. The Hall–Kier alpha value is -2.38. The first-order chi connectivity index (χ1) is 14.5. The van der Waals surface area contributed by atoms with Gasteiger partial charge in [0.05, 0.1) is 10.6 Å². The molecule has 1 unspecified atom stereocenters. The van der Waals surface area contributed by atoms with Crippen molar-refractivity contribution in [2.75, 3.05) is 38.5 Å². The lowest BCUT2D eigenvalue weighted by molar-refractivity contribution is -0.437. The van der Waals surface area contributed by atoms with Gasteiger partial charge >= 0.3 is 0 Å². The number of hydrogen-bond acceptors (Lipinski definition) is 6. The molecule has 0 aromatic heterocycles. The Morgan fingerprint density at radius 3 is 2.40 bits per heavy atom. The van der Waals surface area contributed by atoms with E-state index in [1.165, 1.54) is 6.42 Å². The van der Waals surface area contributed by atoms with E-state index in [-0.39, 0.29) is 16.5 Å². The summed E-state index contributed by atoms with van der Waals surface area (Å²) >= 11 is 0. The third kappa shape index (κ3) is 4.23. The third-order valence-corrected chi connectivity index (χ3v) is 7.00. The van der Waals surface area contributed by atoms with Crippen molar-refractivity contribution >= 4 is 5.69 Å². The number of nitrogens with one attached hydrogen (secondary N) is 1. The Morgan fingerprint density at radius 2 is 1.77 bits per heavy atom. The number of allylic oxidation sites excluding steroid dienone is 1. The van der Waals surface area contributed by atoms with Gasteiger partial charge in [0, 0.05) is 50.1 Å². The number of nitrogens with two attached hydrogens (primary N) is 1. The van der Waals surface area contributed by atoms with Crippen LogP contribution in [0.25, 0.3) is 0 Å². The fourth-order valence-corrected chi connectivity index (χ4v) is 5.15. The lowest BCUT2D eigenvalue weighted by Crippen LogP contribution is -2.55. The van der Waals surface area contributed by atoms with Crippen molar-refractivity contribution in [1.82, 2.24) is 9.80 Å². The Morgan fingerprint density at radius 1 is 1.10 bits per heavy atom. The minimum Gasteiger partial charge on any atom is -0.371 e. The standard InChI is InChI=1S/C23H33N5O2/c1-26-12-14-27(15-13-26)21-17-23(24,18-8-4-2-5-9-18)22(28(29)30)16-20(21)25-19-10-6-3-7-11-19/h3,6-7,10-11,16,18,25H,2,4-5,8-9,12-15,17,24H2,1H3. The SMILES string of the molecule is CN1CCN(C2=C(Nc3ccccc3)C=C([N+](=O)[O-])C(N)(C3CCCCC3)C2)CC1. The highest BCUT2D eigenvalue weighted by Crippen LogP contribution is 2.43. The molecule has 4 rings (SSSR count). The molecule has 1 aromatic rings. The van der Waals surface area contributed by atoms with E-state index in [1.54, 1.807) is 6.08 Å². The summed E-state index contributed by atoms with van der Waals surface area (Å²) in [5.74, 6) is 0.156. The fraction of sp³-hybridized carbons (Fsp3) is 0.565. The van der Waals surface area contributed by atoms with Crippen LogP contribution in [0.15, 0.2) is 53.5 Å². The molecule has 2 aliphatic carbocycles. The van der Waals surface area contributed by atoms with Crippen molar-refractivity contribution < 1.29 is 4.92 Å². The van der Waals surface area contributed by atoms with Crippen LogP contribution in [-0.2, 0) is 0 Å². The molecule has 3 aliphatic rings. The summed E-state index contributed by atoms with van der Waals surface area (Å²) in [5, 5.41) is 15.6. The molecule has 1 aliphatic heterocycles. The van der Waals surface area contributed by atoms with E-state index in [0.717, 1.165) is 68.9 Å². The molecule has 0 amide bonds. The summed E-state index contributed by atoms with van der Waals surface area (Å²) in [6, 6.07) is 9.87. The summed E-state index contributed by atoms with van der Waals surface area (Å²) in [7, 11) is 2.13. The maximum absolute atomic E-state index is 12.1. The van der Waals surface area contributed by atoms with Crippen LogP contribution < -0.4 is 11.1 Å². The maximum atomic E-state index is 12.1. The number of benzene rings is 1. The first-order valence-electron chi connectivity index (χ1n) is 11.1. The van der Waals surface area contributed by atoms with Crippen molar-refractivity contribution in [3.8, 4) is 0 Å². The van der Waals surface area contributed by atoms with Crippen LogP contribution in [-0.4, -0.2) is 53.5 Å². The van der Waals surface area contributed by atoms with Gasteiger partial charge < -0.3 is 20.9 Å². The number of anilines is 1. The molecule has 0 bridgehead atoms. The summed E-state index contributed by atoms with van der Waals surface area (Å²) in [4.78, 5) is 16.6. The van der Waals surface area contributed by atoms with Crippen LogP contribution >= 0.6 is 0 Å². The highest BCUT2D eigenvalue weighted by atomic mass is 16.6. The zero-order chi connectivity index (χ0) is 21.1. The van der Waals surface area contributed by atoms with Gasteiger partial charge in [-0.2, -0.15) is 0 Å². The smallest absolute Gasteiger partial charge is 0.268 e. The lowest BCUT2D eigenvalue weighted by atomic mass is 9.69. The third-order valence-electron chi connectivity index (χ3n) is 7.00. The van der Waals surface area contributed by atoms with Gasteiger partial charge in [0.25, 0.3) is 5.70 Å². The number of piperazine rings is 1. The molecular weight excluding hydrogens is 378 g/mol. The minimum absolute atomic E-state index is 0.156. The van der Waals surface area contributed by atoms with E-state index in [1.807, 2.05) is 30.3 Å². The van der Waals surface area contributed by atoms with Crippen LogP contribution in [0.1, 0.15) is 38.5 Å². The number of nitro groups is 1. The summed E-state index contributed by atoms with van der Waals surface area (Å²) < 4.78 is 0. The predicted molar refractivity (Wildman–Crippen MR) is 119 cm³/mol. The van der Waals surface area contributed by atoms with Crippen molar-refractivity contribution in [2.45, 2.75) is 44.1 Å². The molecule has 162 valence electrons. The Kier molecular flexibility index (Phi) is 6.11. The van der Waals surface area contributed by atoms with Gasteiger partial charge in [0.1, 0.15) is 5.54 Å². The average Bonchev–Trinajstić information content (AvgIpc) is 2.76. The van der Waals surface area contributed by atoms with Gasteiger partial charge in [-0.1, -0.05) is 37.5 Å². The maximum Gasteiger partial charge on any atom is 0.268 e. The second-order valence-corrected chi connectivity index (χ2v) is 8.98. The second-order valence-electron chi connectivity index (χ2n) is 8.98. The first-order valence-corrected chi connectivity index (χ1v) is 11.1. The van der Waals surface area contributed by atoms with Gasteiger partial charge in [0.2, 0.25) is 0 Å². The van der Waals surface area contributed by atoms with Crippen LogP contribution in [0, 0.1) is 16.0 Å². The van der Waals surface area contributed by atoms with Gasteiger partial charge in [-0.05, 0) is 37.9 Å². The number of rotatable bonds is 5. The summed E-state index contributed by atoms with van der Waals surface area (Å²) in [6.45, 7) is 3.78. The zero-order valence-electron chi connectivity index (χ0n) is 17.8. The minimum atomic E-state index is -0.912. The van der Waals surface area contributed by atoms with Crippen molar-refractivity contribution in [2.24, 2.45) is 11.7 Å². The molecule has 2 fully saturated rings. The quantitative estimate of drug-likeness (QED) is 0.570. The highest BCUT2D eigenvalue weighted by Gasteiger charge is 2.49. The molecule has 3 N–H and O–H groups in total. The van der Waals surface area contributed by atoms with E-state index >= 15 is 0 Å². The van der Waals surface area contributed by atoms with Gasteiger partial charge in [-0.25, -0.2) is 0 Å². The van der Waals surface area contributed by atoms with Crippen LogP contribution in [0.2, 0.25) is 0 Å². The number of para-hydroxylation sites is 1. The van der Waals surface area contributed by atoms with E-state index in [2.05, 4.69) is 22.2 Å². The first kappa shape index (κ1) is 20.9.